The van der Waals surface area contributed by atoms with E-state index in [1.165, 1.54) is 42.4 Å². The summed E-state index contributed by atoms with van der Waals surface area (Å²) in [5.74, 6) is 0. The van der Waals surface area contributed by atoms with Crippen LogP contribution in [0.4, 0.5) is 0 Å². The lowest BCUT2D eigenvalue weighted by molar-refractivity contribution is 0.220. The SMILES string of the molecule is CO[Si](OC)(C1CCCC1)C1C(C)=Cc2c1cccc2[Si](C)(C)C. The summed E-state index contributed by atoms with van der Waals surface area (Å²) in [4.78, 5) is 0. The fraction of sp³-hybridized carbons (Fsp3) is 0.600. The minimum Gasteiger partial charge on any atom is -0.397 e. The van der Waals surface area contributed by atoms with E-state index in [1.807, 2.05) is 14.2 Å². The Kier molecular flexibility index (Phi) is 4.95. The van der Waals surface area contributed by atoms with Crippen LogP contribution in [-0.2, 0) is 8.85 Å². The zero-order valence-electron chi connectivity index (χ0n) is 16.1. The molecule has 2 aliphatic rings. The Morgan fingerprint density at radius 2 is 1.62 bits per heavy atom. The highest BCUT2D eigenvalue weighted by Crippen LogP contribution is 2.51. The molecule has 0 aliphatic heterocycles. The average Bonchev–Trinajstić information content (AvgIpc) is 3.17. The summed E-state index contributed by atoms with van der Waals surface area (Å²) >= 11 is 0. The predicted octanol–water partition coefficient (Wildman–Crippen LogP) is 4.95. The van der Waals surface area contributed by atoms with Crippen LogP contribution in [0.1, 0.15) is 49.3 Å². The molecule has 24 heavy (non-hydrogen) atoms. The summed E-state index contributed by atoms with van der Waals surface area (Å²) in [6.07, 6.45) is 7.61. The third kappa shape index (κ3) is 2.77. The minimum atomic E-state index is -2.33. The Bertz CT molecular complexity index is 636. The maximum atomic E-state index is 6.29. The van der Waals surface area contributed by atoms with Crippen LogP contribution in [0, 0.1) is 0 Å². The maximum Gasteiger partial charge on any atom is 0.352 e. The molecule has 3 rings (SSSR count). The third-order valence-corrected chi connectivity index (χ3v) is 12.7. The van der Waals surface area contributed by atoms with E-state index < -0.39 is 16.6 Å². The number of allylic oxidation sites excluding steroid dienone is 1. The van der Waals surface area contributed by atoms with Gasteiger partial charge < -0.3 is 8.85 Å². The van der Waals surface area contributed by atoms with Gasteiger partial charge in [-0.25, -0.2) is 0 Å². The predicted molar refractivity (Wildman–Crippen MR) is 108 cm³/mol. The van der Waals surface area contributed by atoms with E-state index in [1.54, 1.807) is 5.19 Å². The van der Waals surface area contributed by atoms with Gasteiger partial charge in [0.25, 0.3) is 0 Å². The Labute approximate surface area is 149 Å². The summed E-state index contributed by atoms with van der Waals surface area (Å²) < 4.78 is 12.6. The molecule has 0 amide bonds. The molecule has 1 aromatic carbocycles. The molecule has 0 saturated heterocycles. The summed E-state index contributed by atoms with van der Waals surface area (Å²) in [6.45, 7) is 9.60. The first-order chi connectivity index (χ1) is 11.3. The van der Waals surface area contributed by atoms with Crippen LogP contribution in [0.2, 0.25) is 25.2 Å². The lowest BCUT2D eigenvalue weighted by Gasteiger charge is -2.39. The van der Waals surface area contributed by atoms with Gasteiger partial charge in [-0.15, -0.1) is 0 Å². The van der Waals surface area contributed by atoms with E-state index in [0.717, 1.165) is 0 Å². The smallest absolute Gasteiger partial charge is 0.352 e. The Hall–Kier alpha value is -0.686. The van der Waals surface area contributed by atoms with Crippen LogP contribution < -0.4 is 5.19 Å². The van der Waals surface area contributed by atoms with Crippen LogP contribution in [0.25, 0.3) is 6.08 Å². The molecule has 0 bridgehead atoms. The summed E-state index contributed by atoms with van der Waals surface area (Å²) in [5, 5.41) is 1.57. The second-order valence-corrected chi connectivity index (χ2v) is 17.2. The van der Waals surface area contributed by atoms with E-state index in [0.29, 0.717) is 11.1 Å². The van der Waals surface area contributed by atoms with Gasteiger partial charge >= 0.3 is 8.56 Å². The van der Waals surface area contributed by atoms with Gasteiger partial charge in [-0.1, -0.05) is 67.5 Å². The highest BCUT2D eigenvalue weighted by Gasteiger charge is 2.55. The molecule has 132 valence electrons. The standard InChI is InChI=1S/C20H32O2Si2/c1-15-14-18-17(12-9-13-19(18)23(4,5)6)20(15)24(21-2,22-3)16-10-7-8-11-16/h9,12-14,16,20H,7-8,10-11H2,1-6H3. The van der Waals surface area contributed by atoms with Gasteiger partial charge in [0.15, 0.2) is 0 Å². The molecular weight excluding hydrogens is 328 g/mol. The van der Waals surface area contributed by atoms with E-state index >= 15 is 0 Å². The van der Waals surface area contributed by atoms with Gasteiger partial charge in [0.2, 0.25) is 0 Å². The van der Waals surface area contributed by atoms with Crippen molar-refractivity contribution in [2.75, 3.05) is 14.2 Å². The highest BCUT2D eigenvalue weighted by atomic mass is 28.4. The Morgan fingerprint density at radius 1 is 1.00 bits per heavy atom. The lowest BCUT2D eigenvalue weighted by Crippen LogP contribution is -2.51. The lowest BCUT2D eigenvalue weighted by atomic mass is 10.1. The second-order valence-electron chi connectivity index (χ2n) is 8.49. The molecule has 2 aliphatic carbocycles. The first kappa shape index (κ1) is 18.1. The van der Waals surface area contributed by atoms with Crippen LogP contribution in [-0.4, -0.2) is 30.9 Å². The largest absolute Gasteiger partial charge is 0.397 e. The molecule has 4 heteroatoms. The van der Waals surface area contributed by atoms with Gasteiger partial charge in [-0.2, -0.15) is 0 Å². The van der Waals surface area contributed by atoms with Crippen molar-refractivity contribution in [3.05, 3.63) is 34.9 Å². The number of benzene rings is 1. The van der Waals surface area contributed by atoms with E-state index in [4.69, 9.17) is 8.85 Å². The van der Waals surface area contributed by atoms with E-state index in [-0.39, 0.29) is 0 Å². The van der Waals surface area contributed by atoms with Crippen molar-refractivity contribution in [2.24, 2.45) is 0 Å². The second kappa shape index (κ2) is 6.56. The van der Waals surface area contributed by atoms with Crippen LogP contribution in [0.5, 0.6) is 0 Å². The molecule has 0 aromatic heterocycles. The van der Waals surface area contributed by atoms with Crippen molar-refractivity contribution < 1.29 is 8.85 Å². The van der Waals surface area contributed by atoms with Crippen LogP contribution in [0.3, 0.4) is 0 Å². The molecule has 0 radical (unpaired) electrons. The molecule has 0 N–H and O–H groups in total. The fourth-order valence-electron chi connectivity index (χ4n) is 4.96. The van der Waals surface area contributed by atoms with Gasteiger partial charge in [-0.05, 0) is 30.9 Å². The van der Waals surface area contributed by atoms with Gasteiger partial charge in [-0.3, -0.25) is 0 Å². The van der Waals surface area contributed by atoms with E-state index in [2.05, 4.69) is 50.8 Å². The van der Waals surface area contributed by atoms with Crippen LogP contribution >= 0.6 is 0 Å². The number of rotatable bonds is 5. The highest BCUT2D eigenvalue weighted by molar-refractivity contribution is 6.89. The zero-order valence-corrected chi connectivity index (χ0v) is 18.1. The summed E-state index contributed by atoms with van der Waals surface area (Å²) in [6, 6.07) is 6.92. The van der Waals surface area contributed by atoms with Crippen molar-refractivity contribution in [1.82, 2.24) is 0 Å². The van der Waals surface area contributed by atoms with Crippen molar-refractivity contribution in [2.45, 2.75) is 63.3 Å². The summed E-state index contributed by atoms with van der Waals surface area (Å²) in [5.41, 5.74) is 5.35. The van der Waals surface area contributed by atoms with E-state index in [9.17, 15) is 0 Å². The van der Waals surface area contributed by atoms with Gasteiger partial charge in [0, 0.05) is 25.3 Å². The molecular formula is C20H32O2Si2. The molecule has 0 heterocycles. The topological polar surface area (TPSA) is 18.5 Å². The number of hydrogen-bond acceptors (Lipinski definition) is 2. The fourth-order valence-corrected chi connectivity index (χ4v) is 11.0. The molecule has 0 spiro atoms. The van der Waals surface area contributed by atoms with Crippen molar-refractivity contribution >= 4 is 27.9 Å². The molecule has 2 nitrogen and oxygen atoms in total. The van der Waals surface area contributed by atoms with Crippen LogP contribution in [0.15, 0.2) is 23.8 Å². The van der Waals surface area contributed by atoms with Crippen molar-refractivity contribution in [3.8, 4) is 0 Å². The normalized spacial score (nSPS) is 21.9. The summed E-state index contributed by atoms with van der Waals surface area (Å²) in [7, 11) is 0.0834. The molecule has 1 aromatic rings. The minimum absolute atomic E-state index is 0.349. The Morgan fingerprint density at radius 3 is 2.17 bits per heavy atom. The third-order valence-electron chi connectivity index (χ3n) is 6.05. The molecule has 1 atom stereocenters. The number of fused-ring (bicyclic) bond motifs is 1. The van der Waals surface area contributed by atoms with Crippen molar-refractivity contribution in [1.29, 1.82) is 0 Å². The zero-order chi connectivity index (χ0) is 17.5. The van der Waals surface area contributed by atoms with Crippen molar-refractivity contribution in [3.63, 3.8) is 0 Å². The molecule has 1 saturated carbocycles. The maximum absolute atomic E-state index is 6.29. The molecule has 1 fully saturated rings. The van der Waals surface area contributed by atoms with Gasteiger partial charge in [0.1, 0.15) is 0 Å². The molecule has 1 unspecified atom stereocenters. The monoisotopic (exact) mass is 360 g/mol. The first-order valence-corrected chi connectivity index (χ1v) is 14.7. The quantitative estimate of drug-likeness (QED) is 0.692. The number of hydrogen-bond donors (Lipinski definition) is 0. The first-order valence-electron chi connectivity index (χ1n) is 9.27. The average molecular weight is 361 g/mol. The Balaban J connectivity index is 2.13. The van der Waals surface area contributed by atoms with Gasteiger partial charge in [0.05, 0.1) is 8.07 Å².